The van der Waals surface area contributed by atoms with Gasteiger partial charge in [-0.1, -0.05) is 355 Å². The Bertz CT molecular complexity index is 1820. The summed E-state index contributed by atoms with van der Waals surface area (Å²) in [7, 11) is 5.94. The Morgan fingerprint density at radius 1 is 0.341 bits per heavy atom. The lowest BCUT2D eigenvalue weighted by atomic mass is 10.0. The number of allylic oxidation sites excluding steroid dienone is 16. The number of ether oxygens (including phenoxy) is 4. The summed E-state index contributed by atoms with van der Waals surface area (Å²) in [6.07, 6.45) is 96.5. The minimum Gasteiger partial charge on any atom is -0.545 e. The highest BCUT2D eigenvalue weighted by Crippen LogP contribution is 2.19. The predicted octanol–water partition coefficient (Wildman–Crippen LogP) is 23.0. The van der Waals surface area contributed by atoms with Gasteiger partial charge >= 0.3 is 11.9 Å². The Kier molecular flexibility index (Phi) is 69.0. The molecule has 9 nitrogen and oxygen atoms in total. The first kappa shape index (κ1) is 87.2. The Hall–Kier alpha value is -3.79. The molecule has 0 aromatic carbocycles. The first-order chi connectivity index (χ1) is 44.6. The van der Waals surface area contributed by atoms with Crippen LogP contribution in [0.1, 0.15) is 348 Å². The second-order valence-corrected chi connectivity index (χ2v) is 26.9. The number of carbonyl (C=O) groups excluding carboxylic acids is 3. The largest absolute Gasteiger partial charge is 0.545 e. The number of hydrogen-bond donors (Lipinski definition) is 0. The Morgan fingerprint density at radius 2 is 0.626 bits per heavy atom. The molecule has 0 heterocycles. The standard InChI is InChI=1S/C82H145NO8/c1-6-8-10-12-14-16-18-20-22-24-26-28-30-32-33-34-35-36-37-38-39-40-41-42-43-44-45-46-47-49-51-53-55-57-59-61-63-65-67-69-71-73-80(85)91-78(77-90-82(81(86)87)88-75-74-83(3,4)5)76-89-79(84)72-70-68-66-64-62-60-58-56-54-52-50-48-31-29-27-25-23-21-19-17-15-13-11-9-7-2/h8,10,14,16,20,22,26,28,32-33,35-36,38-39,41-42,78,82H,6-7,9,11-13,15,17-19,21,23-25,27,29-31,34,37,40,43-77H2,1-5H3/b10-8-,16-14-,22-20-,28-26-,33-32-,36-35-,39-38-,42-41-. The zero-order valence-electron chi connectivity index (χ0n) is 60.2. The van der Waals surface area contributed by atoms with Gasteiger partial charge in [0, 0.05) is 12.8 Å². The van der Waals surface area contributed by atoms with E-state index in [9.17, 15) is 19.5 Å². The van der Waals surface area contributed by atoms with Crippen LogP contribution in [-0.2, 0) is 33.3 Å². The average molecular weight is 1270 g/mol. The van der Waals surface area contributed by atoms with Gasteiger partial charge < -0.3 is 33.3 Å². The number of carboxylic acid groups (broad SMARTS) is 1. The summed E-state index contributed by atoms with van der Waals surface area (Å²) >= 11 is 0. The topological polar surface area (TPSA) is 111 Å². The molecule has 0 spiro atoms. The van der Waals surface area contributed by atoms with Gasteiger partial charge in [0.2, 0.25) is 0 Å². The van der Waals surface area contributed by atoms with Crippen molar-refractivity contribution in [1.82, 2.24) is 0 Å². The van der Waals surface area contributed by atoms with Crippen molar-refractivity contribution in [2.45, 2.75) is 360 Å². The van der Waals surface area contributed by atoms with E-state index in [1.54, 1.807) is 0 Å². The third-order valence-corrected chi connectivity index (χ3v) is 16.8. The molecule has 0 fully saturated rings. The molecule has 2 atom stereocenters. The van der Waals surface area contributed by atoms with E-state index >= 15 is 0 Å². The number of carboxylic acids is 1. The molecule has 0 aromatic rings. The number of aliphatic carboxylic acids is 1. The molecule has 0 amide bonds. The molecule has 0 aliphatic heterocycles. The number of unbranched alkanes of at least 4 members (excludes halogenated alkanes) is 40. The molecule has 91 heavy (non-hydrogen) atoms. The third kappa shape index (κ3) is 73.5. The van der Waals surface area contributed by atoms with Crippen LogP contribution in [0.15, 0.2) is 97.2 Å². The number of carbonyl (C=O) groups is 3. The molecule has 0 radical (unpaired) electrons. The van der Waals surface area contributed by atoms with E-state index in [4.69, 9.17) is 18.9 Å². The van der Waals surface area contributed by atoms with E-state index in [0.29, 0.717) is 23.9 Å². The summed E-state index contributed by atoms with van der Waals surface area (Å²) in [4.78, 5) is 37.6. The fourth-order valence-corrected chi connectivity index (χ4v) is 11.0. The van der Waals surface area contributed by atoms with E-state index in [1.165, 1.54) is 231 Å². The van der Waals surface area contributed by atoms with Crippen LogP contribution in [-0.4, -0.2) is 82.3 Å². The van der Waals surface area contributed by atoms with Gasteiger partial charge in [0.1, 0.15) is 13.2 Å². The van der Waals surface area contributed by atoms with Crippen LogP contribution in [0, 0.1) is 0 Å². The molecule has 0 aromatic heterocycles. The number of esters is 2. The van der Waals surface area contributed by atoms with Gasteiger partial charge in [-0.2, -0.15) is 0 Å². The first-order valence-electron chi connectivity index (χ1n) is 38.4. The van der Waals surface area contributed by atoms with Gasteiger partial charge in [0.25, 0.3) is 0 Å². The van der Waals surface area contributed by atoms with Gasteiger partial charge in [-0.25, -0.2) is 0 Å². The van der Waals surface area contributed by atoms with E-state index in [-0.39, 0.29) is 32.2 Å². The normalized spacial score (nSPS) is 13.2. The number of hydrogen-bond acceptors (Lipinski definition) is 8. The Balaban J connectivity index is 4.03. The van der Waals surface area contributed by atoms with Crippen LogP contribution in [0.5, 0.6) is 0 Å². The molecule has 0 N–H and O–H groups in total. The zero-order valence-corrected chi connectivity index (χ0v) is 60.2. The lowest BCUT2D eigenvalue weighted by Gasteiger charge is -2.26. The van der Waals surface area contributed by atoms with Crippen molar-refractivity contribution < 1.29 is 42.9 Å². The van der Waals surface area contributed by atoms with Crippen LogP contribution in [0.25, 0.3) is 0 Å². The van der Waals surface area contributed by atoms with Crippen molar-refractivity contribution >= 4 is 17.9 Å². The Labute approximate surface area is 562 Å². The molecule has 2 unspecified atom stereocenters. The van der Waals surface area contributed by atoms with E-state index in [0.717, 1.165) is 83.5 Å². The molecule has 0 bridgehead atoms. The van der Waals surface area contributed by atoms with Crippen LogP contribution in [0.4, 0.5) is 0 Å². The maximum Gasteiger partial charge on any atom is 0.306 e. The van der Waals surface area contributed by atoms with Crippen LogP contribution in [0.3, 0.4) is 0 Å². The lowest BCUT2D eigenvalue weighted by molar-refractivity contribution is -0.870. The second kappa shape index (κ2) is 72.0. The number of nitrogens with zero attached hydrogens (tertiary/aromatic N) is 1. The van der Waals surface area contributed by atoms with Crippen molar-refractivity contribution in [3.8, 4) is 0 Å². The summed E-state index contributed by atoms with van der Waals surface area (Å²) < 4.78 is 22.9. The monoisotopic (exact) mass is 1270 g/mol. The summed E-state index contributed by atoms with van der Waals surface area (Å²) in [5.41, 5.74) is 0. The smallest absolute Gasteiger partial charge is 0.306 e. The lowest BCUT2D eigenvalue weighted by Crippen LogP contribution is -2.44. The maximum atomic E-state index is 13.0. The minimum absolute atomic E-state index is 0.148. The third-order valence-electron chi connectivity index (χ3n) is 16.8. The summed E-state index contributed by atoms with van der Waals surface area (Å²) in [5, 5.41) is 11.8. The van der Waals surface area contributed by atoms with Gasteiger partial charge in [0.15, 0.2) is 12.4 Å². The fourth-order valence-electron chi connectivity index (χ4n) is 11.0. The van der Waals surface area contributed by atoms with Crippen LogP contribution >= 0.6 is 0 Å². The van der Waals surface area contributed by atoms with Gasteiger partial charge in [0.05, 0.1) is 40.3 Å². The second-order valence-electron chi connectivity index (χ2n) is 26.9. The SMILES string of the molecule is CC/C=C\C/C=C\C/C=C\C/C=C\C/C=C\C/C=C\C/C=C\C/C=C\CCCCCCCCCCCCCCCCCCC(=O)OC(COC(=O)CCCCCCCCCCCCCCCCCCCCCCCCCCC)COC(OCC[N+](C)(C)C)C(=O)[O-]. The molecule has 0 saturated carbocycles. The first-order valence-corrected chi connectivity index (χ1v) is 38.4. The van der Waals surface area contributed by atoms with Gasteiger partial charge in [-0.05, 0) is 77.0 Å². The molecule has 526 valence electrons. The molecule has 0 aliphatic rings. The quantitative estimate of drug-likeness (QED) is 0.0195. The van der Waals surface area contributed by atoms with Crippen LogP contribution < -0.4 is 5.11 Å². The predicted molar refractivity (Wildman–Crippen MR) is 389 cm³/mol. The summed E-state index contributed by atoms with van der Waals surface area (Å²) in [6, 6.07) is 0. The molecule has 0 saturated heterocycles. The van der Waals surface area contributed by atoms with Crippen molar-refractivity contribution in [1.29, 1.82) is 0 Å². The van der Waals surface area contributed by atoms with Crippen molar-refractivity contribution in [3.05, 3.63) is 97.2 Å². The van der Waals surface area contributed by atoms with E-state index in [1.807, 2.05) is 21.1 Å². The van der Waals surface area contributed by atoms with Crippen molar-refractivity contribution in [2.75, 3.05) is 47.5 Å². The molecule has 0 aliphatic carbocycles. The number of quaternary nitrogens is 1. The average Bonchev–Trinajstić information content (AvgIpc) is 3.53. The highest BCUT2D eigenvalue weighted by atomic mass is 16.7. The Morgan fingerprint density at radius 3 is 0.934 bits per heavy atom. The highest BCUT2D eigenvalue weighted by Gasteiger charge is 2.22. The van der Waals surface area contributed by atoms with Crippen molar-refractivity contribution in [2.24, 2.45) is 0 Å². The van der Waals surface area contributed by atoms with Crippen molar-refractivity contribution in [3.63, 3.8) is 0 Å². The zero-order chi connectivity index (χ0) is 66.1. The molecule has 0 rings (SSSR count). The summed E-state index contributed by atoms with van der Waals surface area (Å²) in [6.45, 7) is 4.69. The van der Waals surface area contributed by atoms with E-state index in [2.05, 4.69) is 111 Å². The fraction of sp³-hybridized carbons (Fsp3) is 0.768. The molecule has 9 heteroatoms. The number of likely N-dealkylation sites (N-methyl/N-ethyl adjacent to an activating group) is 1. The summed E-state index contributed by atoms with van der Waals surface area (Å²) in [5.74, 6) is -2.26. The molecular formula is C82H145NO8. The van der Waals surface area contributed by atoms with Gasteiger partial charge in [-0.3, -0.25) is 9.59 Å². The minimum atomic E-state index is -1.62. The van der Waals surface area contributed by atoms with Gasteiger partial charge in [-0.15, -0.1) is 0 Å². The van der Waals surface area contributed by atoms with Crippen LogP contribution in [0.2, 0.25) is 0 Å². The number of rotatable bonds is 71. The highest BCUT2D eigenvalue weighted by molar-refractivity contribution is 5.70. The molecular weight excluding hydrogens is 1130 g/mol. The maximum absolute atomic E-state index is 13.0. The van der Waals surface area contributed by atoms with E-state index < -0.39 is 24.3 Å².